The third-order valence-corrected chi connectivity index (χ3v) is 67.6. The van der Waals surface area contributed by atoms with Crippen LogP contribution in [0.3, 0.4) is 0 Å². The molecular formula is C20H38O5Si6. The minimum atomic E-state index is -3.41. The largest absolute Gasteiger partial charge is 0.450 e. The first-order valence-corrected chi connectivity index (χ1v) is 30.2. The summed E-state index contributed by atoms with van der Waals surface area (Å²) in [6.07, 6.45) is 0. The van der Waals surface area contributed by atoms with Gasteiger partial charge in [0.25, 0.3) is 0 Å². The lowest BCUT2D eigenvalue weighted by Crippen LogP contribution is -2.92. The summed E-state index contributed by atoms with van der Waals surface area (Å²) >= 11 is 0. The van der Waals surface area contributed by atoms with Crippen LogP contribution in [0.1, 0.15) is 0 Å². The van der Waals surface area contributed by atoms with Crippen molar-refractivity contribution in [2.24, 2.45) is 0 Å². The van der Waals surface area contributed by atoms with Gasteiger partial charge in [0.2, 0.25) is 46.0 Å². The van der Waals surface area contributed by atoms with Gasteiger partial charge >= 0.3 is 0 Å². The number of hydrogen-bond donors (Lipinski definition) is 4. The average molecular weight is 527 g/mol. The molecule has 0 aliphatic carbocycles. The Bertz CT molecular complexity index is 766. The molecule has 0 unspecified atom stereocenters. The molecule has 0 bridgehead atoms. The van der Waals surface area contributed by atoms with Crippen LogP contribution >= 0.6 is 0 Å². The van der Waals surface area contributed by atoms with E-state index in [0.717, 1.165) is 10.4 Å². The summed E-state index contributed by atoms with van der Waals surface area (Å²) in [5.41, 5.74) is 0. The number of benzene rings is 2. The van der Waals surface area contributed by atoms with Crippen molar-refractivity contribution in [3.63, 3.8) is 0 Å². The molecule has 0 heterocycles. The summed E-state index contributed by atoms with van der Waals surface area (Å²) < 4.78 is 7.38. The lowest BCUT2D eigenvalue weighted by Gasteiger charge is -2.56. The van der Waals surface area contributed by atoms with Gasteiger partial charge in [-0.25, -0.2) is 0 Å². The van der Waals surface area contributed by atoms with Crippen LogP contribution < -0.4 is 10.4 Å². The van der Waals surface area contributed by atoms with Crippen LogP contribution in [0.25, 0.3) is 0 Å². The predicted molar refractivity (Wildman–Crippen MR) is 144 cm³/mol. The van der Waals surface area contributed by atoms with E-state index >= 15 is 0 Å². The first-order valence-electron chi connectivity index (χ1n) is 10.6. The molecule has 5 nitrogen and oxygen atoms in total. The highest BCUT2D eigenvalue weighted by atomic mass is 29.7. The maximum atomic E-state index is 11.8. The maximum Gasteiger partial charge on any atom is 0.247 e. The van der Waals surface area contributed by atoms with Crippen molar-refractivity contribution in [3.8, 4) is 0 Å². The molecule has 0 aliphatic rings. The van der Waals surface area contributed by atoms with Crippen LogP contribution in [0, 0.1) is 0 Å². The molecule has 2 aromatic carbocycles. The Morgan fingerprint density at radius 2 is 0.677 bits per heavy atom. The van der Waals surface area contributed by atoms with Gasteiger partial charge in [0.15, 0.2) is 0 Å². The van der Waals surface area contributed by atoms with Gasteiger partial charge in [-0.2, -0.15) is 0 Å². The fourth-order valence-electron chi connectivity index (χ4n) is 5.10. The van der Waals surface area contributed by atoms with Crippen LogP contribution in [0.2, 0.25) is 52.4 Å². The second-order valence-corrected chi connectivity index (χ2v) is 53.7. The molecule has 0 spiro atoms. The van der Waals surface area contributed by atoms with Gasteiger partial charge in [0, 0.05) is 0 Å². The minimum absolute atomic E-state index is 0.859. The molecule has 11 heteroatoms. The van der Waals surface area contributed by atoms with E-state index in [1.165, 1.54) is 0 Å². The van der Waals surface area contributed by atoms with E-state index in [2.05, 4.69) is 0 Å². The topological polar surface area (TPSA) is 90.2 Å². The average Bonchev–Trinajstić information content (AvgIpc) is 2.59. The monoisotopic (exact) mass is 526 g/mol. The summed E-state index contributed by atoms with van der Waals surface area (Å²) in [6, 6.07) is 19.3. The fraction of sp³-hybridized carbons (Fsp3) is 0.400. The van der Waals surface area contributed by atoms with Crippen LogP contribution in [0.4, 0.5) is 0 Å². The standard InChI is InChI=1S/C20H38O5Si6/c1-26(2,21)30(27(3,4)22,19-15-11-9-12-16-19)25-31(28(5,6)23,29(7,8)24)20-17-13-10-14-18-20/h9-18,21-24H,1-8H3. The third-order valence-electron chi connectivity index (χ3n) is 6.11. The lowest BCUT2D eigenvalue weighted by molar-refractivity contribution is 0.497. The van der Waals surface area contributed by atoms with Crippen molar-refractivity contribution in [1.29, 1.82) is 0 Å². The quantitative estimate of drug-likeness (QED) is 0.394. The highest BCUT2D eigenvalue weighted by Crippen LogP contribution is 2.36. The Kier molecular flexibility index (Phi) is 7.53. The van der Waals surface area contributed by atoms with Gasteiger partial charge < -0.3 is 23.3 Å². The first-order chi connectivity index (χ1) is 13.9. The van der Waals surface area contributed by atoms with E-state index < -0.39 is 46.0 Å². The zero-order valence-corrected chi connectivity index (χ0v) is 26.0. The Morgan fingerprint density at radius 1 is 0.452 bits per heavy atom. The number of hydrogen-bond acceptors (Lipinski definition) is 5. The molecule has 0 aromatic heterocycles. The summed E-state index contributed by atoms with van der Waals surface area (Å²) in [5, 5.41) is 1.72. The molecule has 172 valence electrons. The van der Waals surface area contributed by atoms with Crippen LogP contribution in [0.15, 0.2) is 60.7 Å². The van der Waals surface area contributed by atoms with Gasteiger partial charge in [-0.05, 0) is 62.7 Å². The summed E-state index contributed by atoms with van der Waals surface area (Å²) in [5.74, 6) is 0. The van der Waals surface area contributed by atoms with Gasteiger partial charge in [-0.3, -0.25) is 0 Å². The van der Waals surface area contributed by atoms with Crippen molar-refractivity contribution in [2.45, 2.75) is 52.4 Å². The summed E-state index contributed by atoms with van der Waals surface area (Å²) in [4.78, 5) is 47.2. The third kappa shape index (κ3) is 4.63. The van der Waals surface area contributed by atoms with Crippen molar-refractivity contribution < 1.29 is 23.3 Å². The Balaban J connectivity index is 3.04. The second-order valence-electron chi connectivity index (χ2n) is 10.4. The molecule has 0 aliphatic heterocycles. The number of rotatable bonds is 8. The smallest absolute Gasteiger partial charge is 0.247 e. The van der Waals surface area contributed by atoms with Gasteiger partial charge in [-0.1, -0.05) is 60.7 Å². The van der Waals surface area contributed by atoms with Crippen LogP contribution in [-0.4, -0.2) is 65.2 Å². The Labute approximate surface area is 192 Å². The van der Waals surface area contributed by atoms with Gasteiger partial charge in [-0.15, -0.1) is 0 Å². The predicted octanol–water partition coefficient (Wildman–Crippen LogP) is 1.81. The lowest BCUT2D eigenvalue weighted by atomic mass is 10.4. The highest BCUT2D eigenvalue weighted by molar-refractivity contribution is 7.75. The molecule has 0 atom stereocenters. The van der Waals surface area contributed by atoms with Crippen molar-refractivity contribution in [3.05, 3.63) is 60.7 Å². The van der Waals surface area contributed by atoms with E-state index in [9.17, 15) is 19.2 Å². The van der Waals surface area contributed by atoms with Crippen LogP contribution in [-0.2, 0) is 4.12 Å². The first kappa shape index (κ1) is 26.8. The van der Waals surface area contributed by atoms with Crippen molar-refractivity contribution in [2.75, 3.05) is 0 Å². The zero-order valence-electron chi connectivity index (χ0n) is 20.0. The fourth-order valence-corrected chi connectivity index (χ4v) is 83.6. The van der Waals surface area contributed by atoms with E-state index in [0.29, 0.717) is 0 Å². The van der Waals surface area contributed by atoms with Crippen molar-refractivity contribution in [1.82, 2.24) is 0 Å². The molecule has 31 heavy (non-hydrogen) atoms. The van der Waals surface area contributed by atoms with Gasteiger partial charge in [0.05, 0.1) is 0 Å². The highest BCUT2D eigenvalue weighted by Gasteiger charge is 2.72. The molecular weight excluding hydrogens is 489 g/mol. The summed E-state index contributed by atoms with van der Waals surface area (Å²) in [6.45, 7) is 14.8. The van der Waals surface area contributed by atoms with E-state index in [-0.39, 0.29) is 0 Å². The minimum Gasteiger partial charge on any atom is -0.450 e. The molecule has 4 N–H and O–H groups in total. The summed E-state index contributed by atoms with van der Waals surface area (Å²) in [7, 11) is -19.3. The Morgan fingerprint density at radius 3 is 0.871 bits per heavy atom. The van der Waals surface area contributed by atoms with Gasteiger partial charge in [0.1, 0.15) is 0 Å². The molecule has 2 rings (SSSR count). The van der Waals surface area contributed by atoms with E-state index in [1.54, 1.807) is 0 Å². The molecule has 0 saturated heterocycles. The van der Waals surface area contributed by atoms with Crippen molar-refractivity contribution >= 4 is 56.4 Å². The Hall–Kier alpha value is -0.459. The molecule has 0 radical (unpaired) electrons. The molecule has 0 fully saturated rings. The molecule has 0 saturated carbocycles. The zero-order chi connectivity index (χ0) is 23.9. The molecule has 0 amide bonds. The maximum absolute atomic E-state index is 11.8. The van der Waals surface area contributed by atoms with Crippen LogP contribution in [0.5, 0.6) is 0 Å². The normalized spacial score (nSPS) is 14.6. The van der Waals surface area contributed by atoms with E-state index in [4.69, 9.17) is 4.12 Å². The molecule has 2 aromatic rings. The van der Waals surface area contributed by atoms with E-state index in [1.807, 2.05) is 113 Å². The SMILES string of the molecule is C[Si](C)(O)[Si](O[Si](c1ccccc1)([Si](C)(C)O)[Si](C)(C)O)(c1ccccc1)[Si](C)(C)O. The second kappa shape index (κ2) is 8.72.